The van der Waals surface area contributed by atoms with Crippen LogP contribution in [-0.4, -0.2) is 0 Å². The number of hydrogen-bond acceptors (Lipinski definition) is 1. The summed E-state index contributed by atoms with van der Waals surface area (Å²) in [5, 5.41) is 0.680. The van der Waals surface area contributed by atoms with Crippen molar-refractivity contribution in [2.75, 3.05) is 0 Å². The Morgan fingerprint density at radius 2 is 1.75 bits per heavy atom. The molecular weight excluding hydrogens is 334 g/mol. The SMILES string of the molecule is Clc1c(I)cccc1OCc1ccccc1. The Labute approximate surface area is 114 Å². The van der Waals surface area contributed by atoms with Crippen molar-refractivity contribution < 1.29 is 4.74 Å². The Morgan fingerprint density at radius 1 is 1.00 bits per heavy atom. The molecule has 1 nitrogen and oxygen atoms in total. The molecule has 16 heavy (non-hydrogen) atoms. The van der Waals surface area contributed by atoms with Crippen molar-refractivity contribution in [1.29, 1.82) is 0 Å². The smallest absolute Gasteiger partial charge is 0.139 e. The van der Waals surface area contributed by atoms with Crippen LogP contribution in [0.2, 0.25) is 5.02 Å². The highest BCUT2D eigenvalue weighted by Gasteiger charge is 2.04. The summed E-state index contributed by atoms with van der Waals surface area (Å²) in [4.78, 5) is 0. The predicted octanol–water partition coefficient (Wildman–Crippen LogP) is 4.52. The number of ether oxygens (including phenoxy) is 1. The van der Waals surface area contributed by atoms with E-state index in [0.29, 0.717) is 11.6 Å². The van der Waals surface area contributed by atoms with Gasteiger partial charge < -0.3 is 4.74 Å². The third-order valence-corrected chi connectivity index (χ3v) is 3.76. The Morgan fingerprint density at radius 3 is 2.50 bits per heavy atom. The van der Waals surface area contributed by atoms with Crippen molar-refractivity contribution in [3.05, 3.63) is 62.7 Å². The molecule has 0 spiro atoms. The highest BCUT2D eigenvalue weighted by Crippen LogP contribution is 2.29. The average molecular weight is 345 g/mol. The van der Waals surface area contributed by atoms with Crippen LogP contribution in [-0.2, 0) is 6.61 Å². The zero-order valence-corrected chi connectivity index (χ0v) is 11.4. The highest BCUT2D eigenvalue weighted by atomic mass is 127. The lowest BCUT2D eigenvalue weighted by molar-refractivity contribution is 0.306. The van der Waals surface area contributed by atoms with Crippen LogP contribution < -0.4 is 4.74 Å². The van der Waals surface area contributed by atoms with Crippen LogP contribution >= 0.6 is 34.2 Å². The zero-order chi connectivity index (χ0) is 11.4. The molecule has 0 radical (unpaired) electrons. The van der Waals surface area contributed by atoms with Crippen molar-refractivity contribution in [3.8, 4) is 5.75 Å². The molecule has 0 aliphatic rings. The van der Waals surface area contributed by atoms with Crippen molar-refractivity contribution in [2.24, 2.45) is 0 Å². The van der Waals surface area contributed by atoms with E-state index >= 15 is 0 Å². The number of halogens is 2. The lowest BCUT2D eigenvalue weighted by atomic mass is 10.2. The molecule has 0 amide bonds. The fraction of sp³-hybridized carbons (Fsp3) is 0.0769. The lowest BCUT2D eigenvalue weighted by Crippen LogP contribution is -1.96. The Bertz CT molecular complexity index is 471. The van der Waals surface area contributed by atoms with Gasteiger partial charge in [-0.3, -0.25) is 0 Å². The molecule has 0 unspecified atom stereocenters. The number of hydrogen-bond donors (Lipinski definition) is 0. The lowest BCUT2D eigenvalue weighted by Gasteiger charge is -2.08. The van der Waals surface area contributed by atoms with E-state index in [1.165, 1.54) is 0 Å². The van der Waals surface area contributed by atoms with Gasteiger partial charge in [-0.05, 0) is 40.3 Å². The summed E-state index contributed by atoms with van der Waals surface area (Å²) in [6, 6.07) is 15.8. The molecule has 3 heteroatoms. The molecule has 0 saturated carbocycles. The van der Waals surface area contributed by atoms with Gasteiger partial charge in [-0.15, -0.1) is 0 Å². The molecular formula is C13H10ClIO. The maximum Gasteiger partial charge on any atom is 0.139 e. The first-order valence-electron chi connectivity index (χ1n) is 4.88. The maximum absolute atomic E-state index is 6.13. The standard InChI is InChI=1S/C13H10ClIO/c14-13-11(15)7-4-8-12(13)16-9-10-5-2-1-3-6-10/h1-8H,9H2. The molecule has 0 saturated heterocycles. The molecule has 2 rings (SSSR count). The van der Waals surface area contributed by atoms with Gasteiger partial charge in [0.2, 0.25) is 0 Å². The van der Waals surface area contributed by atoms with Crippen LogP contribution in [0.3, 0.4) is 0 Å². The summed E-state index contributed by atoms with van der Waals surface area (Å²) in [6.45, 7) is 0.542. The van der Waals surface area contributed by atoms with Gasteiger partial charge in [-0.2, -0.15) is 0 Å². The average Bonchev–Trinajstić information content (AvgIpc) is 2.32. The minimum absolute atomic E-state index is 0.542. The highest BCUT2D eigenvalue weighted by molar-refractivity contribution is 14.1. The summed E-state index contributed by atoms with van der Waals surface area (Å²) in [7, 11) is 0. The van der Waals surface area contributed by atoms with E-state index in [1.807, 2.05) is 48.5 Å². The first kappa shape index (κ1) is 11.7. The fourth-order valence-corrected chi connectivity index (χ4v) is 1.98. The van der Waals surface area contributed by atoms with Gasteiger partial charge in [-0.1, -0.05) is 48.0 Å². The van der Waals surface area contributed by atoms with Gasteiger partial charge in [0.1, 0.15) is 12.4 Å². The quantitative estimate of drug-likeness (QED) is 0.744. The van der Waals surface area contributed by atoms with E-state index in [-0.39, 0.29) is 0 Å². The zero-order valence-electron chi connectivity index (χ0n) is 8.49. The third kappa shape index (κ3) is 2.89. The van der Waals surface area contributed by atoms with Gasteiger partial charge >= 0.3 is 0 Å². The largest absolute Gasteiger partial charge is 0.487 e. The number of benzene rings is 2. The summed E-state index contributed by atoms with van der Waals surface area (Å²) in [5.41, 5.74) is 1.14. The Hall–Kier alpha value is -0.740. The van der Waals surface area contributed by atoms with E-state index in [2.05, 4.69) is 22.6 Å². The summed E-state index contributed by atoms with van der Waals surface area (Å²) in [6.07, 6.45) is 0. The molecule has 2 aromatic carbocycles. The van der Waals surface area contributed by atoms with E-state index in [0.717, 1.165) is 14.9 Å². The minimum Gasteiger partial charge on any atom is -0.487 e. The first-order valence-corrected chi connectivity index (χ1v) is 6.34. The minimum atomic E-state index is 0.542. The Balaban J connectivity index is 2.08. The Kier molecular flexibility index (Phi) is 4.07. The monoisotopic (exact) mass is 344 g/mol. The second-order valence-corrected chi connectivity index (χ2v) is 4.87. The molecule has 0 aromatic heterocycles. The topological polar surface area (TPSA) is 9.23 Å². The van der Waals surface area contributed by atoms with E-state index in [9.17, 15) is 0 Å². The molecule has 0 aliphatic carbocycles. The van der Waals surface area contributed by atoms with Gasteiger partial charge in [0.15, 0.2) is 0 Å². The fourth-order valence-electron chi connectivity index (χ4n) is 1.33. The molecule has 2 aromatic rings. The summed E-state index contributed by atoms with van der Waals surface area (Å²) < 4.78 is 6.67. The van der Waals surface area contributed by atoms with Crippen molar-refractivity contribution in [3.63, 3.8) is 0 Å². The first-order chi connectivity index (χ1) is 7.77. The van der Waals surface area contributed by atoms with Crippen LogP contribution in [0.15, 0.2) is 48.5 Å². The molecule has 0 atom stereocenters. The molecule has 82 valence electrons. The van der Waals surface area contributed by atoms with E-state index in [4.69, 9.17) is 16.3 Å². The van der Waals surface area contributed by atoms with Gasteiger partial charge in [-0.25, -0.2) is 0 Å². The number of rotatable bonds is 3. The molecule has 0 N–H and O–H groups in total. The van der Waals surface area contributed by atoms with Gasteiger partial charge in [0.05, 0.1) is 5.02 Å². The predicted molar refractivity (Wildman–Crippen MR) is 74.9 cm³/mol. The molecule has 0 fully saturated rings. The van der Waals surface area contributed by atoms with Crippen LogP contribution in [0.1, 0.15) is 5.56 Å². The second kappa shape index (κ2) is 5.55. The molecule has 0 bridgehead atoms. The van der Waals surface area contributed by atoms with Gasteiger partial charge in [0.25, 0.3) is 0 Å². The molecule has 0 aliphatic heterocycles. The van der Waals surface area contributed by atoms with E-state index < -0.39 is 0 Å². The van der Waals surface area contributed by atoms with Crippen LogP contribution in [0.4, 0.5) is 0 Å². The van der Waals surface area contributed by atoms with Crippen LogP contribution in [0.5, 0.6) is 5.75 Å². The van der Waals surface area contributed by atoms with Crippen LogP contribution in [0, 0.1) is 3.57 Å². The normalized spacial score (nSPS) is 10.1. The van der Waals surface area contributed by atoms with Crippen molar-refractivity contribution in [2.45, 2.75) is 6.61 Å². The van der Waals surface area contributed by atoms with Gasteiger partial charge in [0, 0.05) is 3.57 Å². The van der Waals surface area contributed by atoms with E-state index in [1.54, 1.807) is 0 Å². The molecule has 0 heterocycles. The summed E-state index contributed by atoms with van der Waals surface area (Å²) >= 11 is 8.32. The van der Waals surface area contributed by atoms with Crippen molar-refractivity contribution in [1.82, 2.24) is 0 Å². The summed E-state index contributed by atoms with van der Waals surface area (Å²) in [5.74, 6) is 0.734. The van der Waals surface area contributed by atoms with Crippen LogP contribution in [0.25, 0.3) is 0 Å². The maximum atomic E-state index is 6.13. The third-order valence-electron chi connectivity index (χ3n) is 2.15. The van der Waals surface area contributed by atoms with Crippen molar-refractivity contribution >= 4 is 34.2 Å². The second-order valence-electron chi connectivity index (χ2n) is 3.33.